The van der Waals surface area contributed by atoms with Gasteiger partial charge in [-0.25, -0.2) is 4.79 Å². The highest BCUT2D eigenvalue weighted by Gasteiger charge is 2.29. The molecule has 3 heterocycles. The molecule has 1 fully saturated rings. The van der Waals surface area contributed by atoms with Gasteiger partial charge in [-0.05, 0) is 26.7 Å². The Balaban J connectivity index is 2.44. The number of hydrogen-bond donors (Lipinski definition) is 1. The third-order valence-corrected chi connectivity index (χ3v) is 5.18. The maximum Gasteiger partial charge on any atom is 0.331 e. The lowest BCUT2D eigenvalue weighted by atomic mass is 10.1. The molecule has 1 aliphatic heterocycles. The Kier molecular flexibility index (Phi) is 4.98. The number of piperidine rings is 1. The van der Waals surface area contributed by atoms with E-state index in [1.807, 2.05) is 24.5 Å². The topological polar surface area (TPSA) is 102 Å². The molecular formula is C19H26N6O2. The smallest absolute Gasteiger partial charge is 0.331 e. The number of anilines is 1. The second-order valence-corrected chi connectivity index (χ2v) is 7.45. The maximum absolute atomic E-state index is 13.0. The summed E-state index contributed by atoms with van der Waals surface area (Å²) in [6, 6.07) is 2.26. The van der Waals surface area contributed by atoms with Crippen molar-refractivity contribution in [2.24, 2.45) is 19.8 Å². The monoisotopic (exact) mass is 370 g/mol. The number of rotatable bonds is 3. The predicted molar refractivity (Wildman–Crippen MR) is 106 cm³/mol. The fourth-order valence-corrected chi connectivity index (χ4v) is 3.79. The second kappa shape index (κ2) is 7.08. The molecule has 1 atom stereocenters. The van der Waals surface area contributed by atoms with Crippen LogP contribution in [0.5, 0.6) is 0 Å². The van der Waals surface area contributed by atoms with E-state index in [1.165, 1.54) is 11.6 Å². The minimum atomic E-state index is -0.440. The van der Waals surface area contributed by atoms with Crippen molar-refractivity contribution in [1.29, 1.82) is 5.26 Å². The largest absolute Gasteiger partial charge is 0.355 e. The highest BCUT2D eigenvalue weighted by atomic mass is 16.2. The van der Waals surface area contributed by atoms with Crippen LogP contribution in [0.2, 0.25) is 0 Å². The molecule has 0 bridgehead atoms. The summed E-state index contributed by atoms with van der Waals surface area (Å²) >= 11 is 0. The molecule has 27 heavy (non-hydrogen) atoms. The molecule has 0 amide bonds. The lowest BCUT2D eigenvalue weighted by Crippen LogP contribution is -2.44. The lowest BCUT2D eigenvalue weighted by Gasteiger charge is -2.33. The molecule has 8 nitrogen and oxygen atoms in total. The van der Waals surface area contributed by atoms with E-state index in [-0.39, 0.29) is 11.6 Å². The predicted octanol–water partition coefficient (Wildman–Crippen LogP) is 0.804. The van der Waals surface area contributed by atoms with Gasteiger partial charge in [0.1, 0.15) is 23.0 Å². The third kappa shape index (κ3) is 3.08. The van der Waals surface area contributed by atoms with Crippen molar-refractivity contribution in [1.82, 2.24) is 13.7 Å². The number of fused-ring (bicyclic) bond motifs is 1. The van der Waals surface area contributed by atoms with Crippen LogP contribution in [0.1, 0.15) is 32.3 Å². The Morgan fingerprint density at radius 3 is 2.56 bits per heavy atom. The number of hydrogen-bond acceptors (Lipinski definition) is 5. The normalized spacial score (nSPS) is 17.2. The van der Waals surface area contributed by atoms with E-state index < -0.39 is 5.69 Å². The Morgan fingerprint density at radius 2 is 1.96 bits per heavy atom. The van der Waals surface area contributed by atoms with Gasteiger partial charge in [-0.15, -0.1) is 0 Å². The van der Waals surface area contributed by atoms with Gasteiger partial charge < -0.3 is 15.2 Å². The van der Waals surface area contributed by atoms with Crippen molar-refractivity contribution in [3.63, 3.8) is 0 Å². The van der Waals surface area contributed by atoms with Crippen LogP contribution >= 0.6 is 0 Å². The number of nitriles is 1. The van der Waals surface area contributed by atoms with Crippen molar-refractivity contribution >= 4 is 16.9 Å². The maximum atomic E-state index is 13.0. The Bertz CT molecular complexity index is 1080. The number of nitrogens with two attached hydrogens (primary N) is 1. The minimum absolute atomic E-state index is 0.0202. The quantitative estimate of drug-likeness (QED) is 0.806. The molecule has 2 aromatic heterocycles. The molecule has 0 spiro atoms. The average molecular weight is 370 g/mol. The number of aryl methyl sites for hydroxylation is 1. The standard InChI is InChI=1S/C19H26N6O2/c1-12(2)7-9-25-16-15(22(3)19(27)23(4)18(16)26)14(10-20)17(25)24-8-5-6-13(21)11-24/h7,13H,5-6,8-9,11,21H2,1-4H3/t13-/m0/s1. The van der Waals surface area contributed by atoms with Crippen LogP contribution in [-0.2, 0) is 20.6 Å². The first-order valence-electron chi connectivity index (χ1n) is 9.14. The van der Waals surface area contributed by atoms with Gasteiger partial charge in [0.25, 0.3) is 5.56 Å². The molecule has 0 unspecified atom stereocenters. The van der Waals surface area contributed by atoms with Gasteiger partial charge in [0.05, 0.1) is 5.52 Å². The molecule has 2 N–H and O–H groups in total. The zero-order chi connectivity index (χ0) is 19.9. The Labute approximate surface area is 157 Å². The van der Waals surface area contributed by atoms with Crippen LogP contribution in [-0.4, -0.2) is 32.8 Å². The van der Waals surface area contributed by atoms with Crippen molar-refractivity contribution in [2.45, 2.75) is 39.3 Å². The molecule has 8 heteroatoms. The van der Waals surface area contributed by atoms with Crippen molar-refractivity contribution < 1.29 is 0 Å². The van der Waals surface area contributed by atoms with Crippen LogP contribution in [0.15, 0.2) is 21.2 Å². The number of allylic oxidation sites excluding steroid dienone is 2. The molecule has 0 radical (unpaired) electrons. The first-order valence-corrected chi connectivity index (χ1v) is 9.14. The van der Waals surface area contributed by atoms with Gasteiger partial charge in [0.2, 0.25) is 0 Å². The molecule has 3 rings (SSSR count). The van der Waals surface area contributed by atoms with Crippen molar-refractivity contribution in [2.75, 3.05) is 18.0 Å². The van der Waals surface area contributed by atoms with Crippen molar-refractivity contribution in [3.8, 4) is 6.07 Å². The highest BCUT2D eigenvalue weighted by Crippen LogP contribution is 2.32. The van der Waals surface area contributed by atoms with Crippen LogP contribution in [0.3, 0.4) is 0 Å². The van der Waals surface area contributed by atoms with Crippen LogP contribution < -0.4 is 21.9 Å². The van der Waals surface area contributed by atoms with E-state index in [0.29, 0.717) is 35.5 Å². The summed E-state index contributed by atoms with van der Waals surface area (Å²) < 4.78 is 4.34. The summed E-state index contributed by atoms with van der Waals surface area (Å²) in [5, 5.41) is 9.92. The molecule has 1 saturated heterocycles. The van der Waals surface area contributed by atoms with Crippen LogP contribution in [0.4, 0.5) is 5.82 Å². The van der Waals surface area contributed by atoms with E-state index in [9.17, 15) is 14.9 Å². The molecule has 1 aliphatic rings. The first kappa shape index (κ1) is 19.0. The number of aromatic nitrogens is 3. The first-order chi connectivity index (χ1) is 12.8. The molecule has 144 valence electrons. The van der Waals surface area contributed by atoms with Gasteiger partial charge in [-0.1, -0.05) is 11.6 Å². The Morgan fingerprint density at radius 1 is 1.26 bits per heavy atom. The molecular weight excluding hydrogens is 344 g/mol. The summed E-state index contributed by atoms with van der Waals surface area (Å²) in [6.45, 7) is 5.81. The minimum Gasteiger partial charge on any atom is -0.355 e. The summed E-state index contributed by atoms with van der Waals surface area (Å²) in [7, 11) is 3.06. The lowest BCUT2D eigenvalue weighted by molar-refractivity contribution is 0.499. The zero-order valence-electron chi connectivity index (χ0n) is 16.3. The fraction of sp³-hybridized carbons (Fsp3) is 0.526. The summed E-state index contributed by atoms with van der Waals surface area (Å²) in [5.41, 5.74) is 7.57. The second-order valence-electron chi connectivity index (χ2n) is 7.45. The summed E-state index contributed by atoms with van der Waals surface area (Å²) in [6.07, 6.45) is 3.87. The van der Waals surface area contributed by atoms with E-state index in [4.69, 9.17) is 5.73 Å². The SMILES string of the molecule is CC(C)=CCn1c(N2CCC[C@H](N)C2)c(C#N)c2c1c(=O)n(C)c(=O)n2C. The van der Waals surface area contributed by atoms with E-state index >= 15 is 0 Å². The van der Waals surface area contributed by atoms with Gasteiger partial charge >= 0.3 is 5.69 Å². The van der Waals surface area contributed by atoms with Gasteiger partial charge in [-0.3, -0.25) is 13.9 Å². The fourth-order valence-electron chi connectivity index (χ4n) is 3.79. The third-order valence-electron chi connectivity index (χ3n) is 5.18. The molecule has 2 aromatic rings. The summed E-state index contributed by atoms with van der Waals surface area (Å²) in [4.78, 5) is 27.5. The molecule has 0 aliphatic carbocycles. The van der Waals surface area contributed by atoms with Gasteiger partial charge in [-0.2, -0.15) is 5.26 Å². The van der Waals surface area contributed by atoms with E-state index in [2.05, 4.69) is 11.0 Å². The zero-order valence-corrected chi connectivity index (χ0v) is 16.3. The molecule has 0 aromatic carbocycles. The Hall–Kier alpha value is -2.79. The van der Waals surface area contributed by atoms with E-state index in [0.717, 1.165) is 29.5 Å². The van der Waals surface area contributed by atoms with Crippen LogP contribution in [0.25, 0.3) is 11.0 Å². The van der Waals surface area contributed by atoms with Crippen molar-refractivity contribution in [3.05, 3.63) is 38.1 Å². The molecule has 0 saturated carbocycles. The van der Waals surface area contributed by atoms with Gasteiger partial charge in [0.15, 0.2) is 0 Å². The highest BCUT2D eigenvalue weighted by molar-refractivity contribution is 5.90. The van der Waals surface area contributed by atoms with Gasteiger partial charge in [0, 0.05) is 39.8 Å². The van der Waals surface area contributed by atoms with Crippen LogP contribution in [0, 0.1) is 11.3 Å². The average Bonchev–Trinajstić information content (AvgIpc) is 2.97. The number of nitrogens with zero attached hydrogens (tertiary/aromatic N) is 5. The summed E-state index contributed by atoms with van der Waals surface area (Å²) in [5.74, 6) is 0.679. The van der Waals surface area contributed by atoms with E-state index in [1.54, 1.807) is 7.05 Å².